The Morgan fingerprint density at radius 1 is 0.641 bits per heavy atom. The number of carboxylic acid groups (broad SMARTS) is 1. The van der Waals surface area contributed by atoms with Crippen LogP contribution in [0.4, 0.5) is 22.2 Å². The van der Waals surface area contributed by atoms with Gasteiger partial charge in [-0.1, -0.05) is 57.2 Å². The summed E-state index contributed by atoms with van der Waals surface area (Å²) < 4.78 is 19.7. The standard InChI is InChI=1S/C43H47N11O10/c1-43(2,3)35(22-44-42(58)59)45-39(55)32-19-36(48-51(32)23-26-7-13-29(62-4)14-8-26)46-40(56)33-20-37(49-52(33)24-27-9-15-30(63-5)16-10-27)47-41(57)34-21-38(54(60)61)50-53(34)25-28-11-17-31(64-6)18-12-28/h7-21,35,44H,22-25H2,1-6H3,(H,45,55)(H,58,59)(H,46,48,56)(H,47,49,57). The number of hydrogen-bond donors (Lipinski definition) is 5. The summed E-state index contributed by atoms with van der Waals surface area (Å²) in [7, 11) is 4.59. The number of nitrogens with one attached hydrogen (secondary N) is 4. The van der Waals surface area contributed by atoms with Crippen LogP contribution < -0.4 is 35.5 Å². The van der Waals surface area contributed by atoms with E-state index in [4.69, 9.17) is 14.2 Å². The fourth-order valence-electron chi connectivity index (χ4n) is 6.43. The van der Waals surface area contributed by atoms with Gasteiger partial charge in [-0.05, 0) is 63.4 Å². The third-order valence-corrected chi connectivity index (χ3v) is 9.98. The lowest BCUT2D eigenvalue weighted by atomic mass is 9.86. The van der Waals surface area contributed by atoms with Crippen molar-refractivity contribution in [2.24, 2.45) is 5.41 Å². The monoisotopic (exact) mass is 877 g/mol. The number of benzene rings is 3. The summed E-state index contributed by atoms with van der Waals surface area (Å²) in [5.41, 5.74) is 1.51. The van der Waals surface area contributed by atoms with E-state index in [9.17, 15) is 34.4 Å². The second-order valence-corrected chi connectivity index (χ2v) is 15.5. The average molecular weight is 878 g/mol. The number of nitro groups is 1. The second kappa shape index (κ2) is 19.6. The molecule has 0 radical (unpaired) electrons. The maximum Gasteiger partial charge on any atom is 0.404 e. The molecule has 0 aliphatic heterocycles. The maximum absolute atomic E-state index is 14.2. The van der Waals surface area contributed by atoms with Crippen molar-refractivity contribution in [1.82, 2.24) is 40.0 Å². The Morgan fingerprint density at radius 3 is 1.38 bits per heavy atom. The molecule has 6 rings (SSSR count). The van der Waals surface area contributed by atoms with E-state index in [0.717, 1.165) is 17.2 Å². The molecule has 64 heavy (non-hydrogen) atoms. The Bertz CT molecular complexity index is 2630. The lowest BCUT2D eigenvalue weighted by Gasteiger charge is -2.31. The van der Waals surface area contributed by atoms with Crippen molar-refractivity contribution >= 4 is 41.3 Å². The lowest BCUT2D eigenvalue weighted by molar-refractivity contribution is -0.389. The number of nitrogens with zero attached hydrogens (tertiary/aromatic N) is 7. The van der Waals surface area contributed by atoms with Crippen LogP contribution in [-0.2, 0) is 19.6 Å². The molecular formula is C43H47N11O10. The van der Waals surface area contributed by atoms with Crippen LogP contribution in [0.3, 0.4) is 0 Å². The highest BCUT2D eigenvalue weighted by Crippen LogP contribution is 2.23. The van der Waals surface area contributed by atoms with Crippen molar-refractivity contribution in [3.8, 4) is 17.2 Å². The summed E-state index contributed by atoms with van der Waals surface area (Å²) in [5, 5.41) is 44.8. The predicted molar refractivity (Wildman–Crippen MR) is 232 cm³/mol. The van der Waals surface area contributed by atoms with E-state index in [1.807, 2.05) is 20.8 Å². The van der Waals surface area contributed by atoms with Crippen LogP contribution in [0.1, 0.15) is 68.9 Å². The van der Waals surface area contributed by atoms with Crippen LogP contribution in [0.5, 0.6) is 17.2 Å². The highest BCUT2D eigenvalue weighted by atomic mass is 16.6. The number of aromatic nitrogens is 6. The summed E-state index contributed by atoms with van der Waals surface area (Å²) >= 11 is 0. The minimum Gasteiger partial charge on any atom is -0.497 e. The molecule has 21 nitrogen and oxygen atoms in total. The number of ether oxygens (including phenoxy) is 3. The molecule has 3 heterocycles. The van der Waals surface area contributed by atoms with Crippen LogP contribution >= 0.6 is 0 Å². The van der Waals surface area contributed by atoms with Crippen LogP contribution in [0.15, 0.2) is 91.0 Å². The summed E-state index contributed by atoms with van der Waals surface area (Å²) in [6, 6.07) is 24.2. The van der Waals surface area contributed by atoms with Gasteiger partial charge in [0.2, 0.25) is 0 Å². The largest absolute Gasteiger partial charge is 0.497 e. The summed E-state index contributed by atoms with van der Waals surface area (Å²) in [5.74, 6) is -0.846. The molecule has 3 aromatic heterocycles. The molecule has 0 fully saturated rings. The van der Waals surface area contributed by atoms with Crippen LogP contribution in [0, 0.1) is 15.5 Å². The first-order chi connectivity index (χ1) is 30.5. The molecule has 0 aliphatic rings. The number of rotatable bonds is 18. The first kappa shape index (κ1) is 45.3. The van der Waals surface area contributed by atoms with Gasteiger partial charge in [0.25, 0.3) is 17.7 Å². The molecule has 21 heteroatoms. The molecule has 6 aromatic rings. The van der Waals surface area contributed by atoms with Gasteiger partial charge in [-0.2, -0.15) is 14.9 Å². The van der Waals surface area contributed by atoms with Crippen molar-refractivity contribution in [2.45, 2.75) is 46.4 Å². The van der Waals surface area contributed by atoms with E-state index in [1.165, 1.54) is 40.4 Å². The predicted octanol–water partition coefficient (Wildman–Crippen LogP) is 5.27. The van der Waals surface area contributed by atoms with Gasteiger partial charge in [-0.25, -0.2) is 4.79 Å². The third kappa shape index (κ3) is 11.4. The molecular weight excluding hydrogens is 831 g/mol. The zero-order valence-corrected chi connectivity index (χ0v) is 35.8. The van der Waals surface area contributed by atoms with E-state index in [1.54, 1.807) is 79.9 Å². The number of methoxy groups -OCH3 is 3. The second-order valence-electron chi connectivity index (χ2n) is 15.5. The third-order valence-electron chi connectivity index (χ3n) is 9.98. The first-order valence-electron chi connectivity index (χ1n) is 19.7. The first-order valence-corrected chi connectivity index (χ1v) is 19.7. The Hall–Kier alpha value is -8.23. The quantitative estimate of drug-likeness (QED) is 0.0545. The van der Waals surface area contributed by atoms with Gasteiger partial charge < -0.3 is 50.7 Å². The number of carbonyl (C=O) groups is 4. The zero-order chi connectivity index (χ0) is 46.1. The molecule has 4 amide bonds. The molecule has 1 atom stereocenters. The van der Waals surface area contributed by atoms with Crippen molar-refractivity contribution in [1.29, 1.82) is 0 Å². The minimum absolute atomic E-state index is 0.00263. The molecule has 0 aliphatic carbocycles. The smallest absolute Gasteiger partial charge is 0.404 e. The lowest BCUT2D eigenvalue weighted by Crippen LogP contribution is -2.50. The van der Waals surface area contributed by atoms with Gasteiger partial charge in [0.1, 0.15) is 28.6 Å². The maximum atomic E-state index is 14.2. The van der Waals surface area contributed by atoms with E-state index in [0.29, 0.717) is 22.8 Å². The number of anilines is 2. The van der Waals surface area contributed by atoms with E-state index in [-0.39, 0.29) is 54.9 Å². The highest BCUT2D eigenvalue weighted by molar-refractivity contribution is 6.06. The Kier molecular flexibility index (Phi) is 13.9. The summed E-state index contributed by atoms with van der Waals surface area (Å²) in [4.78, 5) is 64.4. The fraction of sp³-hybridized carbons (Fsp3) is 0.279. The molecule has 0 spiro atoms. The van der Waals surface area contributed by atoms with Crippen molar-refractivity contribution in [3.63, 3.8) is 0 Å². The Labute approximate surface area is 366 Å². The van der Waals surface area contributed by atoms with Gasteiger partial charge in [-0.3, -0.25) is 23.7 Å². The highest BCUT2D eigenvalue weighted by Gasteiger charge is 2.30. The van der Waals surface area contributed by atoms with Gasteiger partial charge >= 0.3 is 11.9 Å². The van der Waals surface area contributed by atoms with Gasteiger partial charge in [0, 0.05) is 18.7 Å². The van der Waals surface area contributed by atoms with Crippen molar-refractivity contribution in [3.05, 3.63) is 135 Å². The molecule has 0 saturated heterocycles. The topological polar surface area (TPSA) is 261 Å². The number of carbonyl (C=O) groups excluding carboxylic acids is 3. The number of amides is 4. The zero-order valence-electron chi connectivity index (χ0n) is 35.8. The summed E-state index contributed by atoms with van der Waals surface area (Å²) in [6.45, 7) is 5.68. The Balaban J connectivity index is 1.32. The minimum atomic E-state index is -1.24. The van der Waals surface area contributed by atoms with E-state index < -0.39 is 46.0 Å². The van der Waals surface area contributed by atoms with Gasteiger partial charge in [-0.15, -0.1) is 0 Å². The average Bonchev–Trinajstić information content (AvgIpc) is 3.99. The normalized spacial score (nSPS) is 11.6. The molecule has 3 aromatic carbocycles. The van der Waals surface area contributed by atoms with Gasteiger partial charge in [0.05, 0.1) is 58.2 Å². The SMILES string of the molecule is COc1ccc(Cn2nc(NC(=O)c3cc([N+](=O)[O-])nn3Cc3ccc(OC)cc3)cc2C(=O)Nc2cc(C(=O)NC(CNC(=O)O)C(C)(C)C)n(Cc3ccc(OC)cc3)n2)cc1. The number of hydrogen-bond acceptors (Lipinski definition) is 12. The fourth-order valence-corrected chi connectivity index (χ4v) is 6.43. The van der Waals surface area contributed by atoms with Crippen LogP contribution in [-0.4, -0.2) is 97.1 Å². The van der Waals surface area contributed by atoms with Gasteiger partial charge in [0.15, 0.2) is 17.3 Å². The van der Waals surface area contributed by atoms with E-state index >= 15 is 0 Å². The summed E-state index contributed by atoms with van der Waals surface area (Å²) in [6.07, 6.45) is -1.24. The van der Waals surface area contributed by atoms with Crippen LogP contribution in [0.25, 0.3) is 0 Å². The van der Waals surface area contributed by atoms with Crippen molar-refractivity contribution < 1.29 is 43.4 Å². The molecule has 0 bridgehead atoms. The Morgan fingerprint density at radius 2 is 1.02 bits per heavy atom. The molecule has 5 N–H and O–H groups in total. The van der Waals surface area contributed by atoms with Crippen molar-refractivity contribution in [2.75, 3.05) is 38.5 Å². The molecule has 334 valence electrons. The molecule has 1 unspecified atom stereocenters. The van der Waals surface area contributed by atoms with E-state index in [2.05, 4.69) is 36.6 Å². The molecule has 0 saturated carbocycles. The van der Waals surface area contributed by atoms with Crippen LogP contribution in [0.2, 0.25) is 0 Å².